The molecule has 1 aliphatic rings. The molecule has 1 rings (SSSR count). The van der Waals surface area contributed by atoms with Crippen LogP contribution in [-0.2, 0) is 9.47 Å². The van der Waals surface area contributed by atoms with Crippen molar-refractivity contribution in [1.82, 2.24) is 0 Å². The van der Waals surface area contributed by atoms with E-state index in [4.69, 9.17) is 9.47 Å². The molecule has 1 heterocycles. The Morgan fingerprint density at radius 2 is 2.00 bits per heavy atom. The van der Waals surface area contributed by atoms with Crippen LogP contribution in [0, 0.1) is 0 Å². The van der Waals surface area contributed by atoms with Crippen LogP contribution in [0.2, 0.25) is 0 Å². The van der Waals surface area contributed by atoms with Crippen molar-refractivity contribution in [1.29, 1.82) is 0 Å². The predicted molar refractivity (Wildman–Crippen MR) is 44.4 cm³/mol. The first-order chi connectivity index (χ1) is 5.12. The Labute approximate surface area is 68.2 Å². The van der Waals surface area contributed by atoms with Crippen molar-refractivity contribution in [3.63, 3.8) is 0 Å². The summed E-state index contributed by atoms with van der Waals surface area (Å²) in [4.78, 5) is 0. The molecule has 0 aromatic rings. The lowest BCUT2D eigenvalue weighted by molar-refractivity contribution is -0.0692. The topological polar surface area (TPSA) is 18.5 Å². The van der Waals surface area contributed by atoms with Crippen LogP contribution in [0.5, 0.6) is 0 Å². The zero-order chi connectivity index (χ0) is 8.32. The van der Waals surface area contributed by atoms with E-state index in [0.717, 1.165) is 31.8 Å². The lowest BCUT2D eigenvalue weighted by Crippen LogP contribution is -2.35. The summed E-state index contributed by atoms with van der Waals surface area (Å²) in [6, 6.07) is 0. The van der Waals surface area contributed by atoms with E-state index in [1.54, 1.807) is 0 Å². The smallest absolute Gasteiger partial charge is 0.110 e. The first kappa shape index (κ1) is 8.60. The summed E-state index contributed by atoms with van der Waals surface area (Å²) < 4.78 is 10.8. The van der Waals surface area contributed by atoms with E-state index in [1.165, 1.54) is 0 Å². The fraction of sp³-hybridized carbons (Fsp3) is 0.778. The number of rotatable bonds is 2. The van der Waals surface area contributed by atoms with Gasteiger partial charge in [-0.25, -0.2) is 0 Å². The summed E-state index contributed by atoms with van der Waals surface area (Å²) >= 11 is 0. The van der Waals surface area contributed by atoms with Gasteiger partial charge in [0, 0.05) is 12.8 Å². The molecule has 0 spiro atoms. The van der Waals surface area contributed by atoms with Crippen LogP contribution in [-0.4, -0.2) is 18.8 Å². The van der Waals surface area contributed by atoms with Crippen LogP contribution in [0.25, 0.3) is 0 Å². The largest absolute Gasteiger partial charge is 0.493 e. The van der Waals surface area contributed by atoms with Crippen molar-refractivity contribution in [2.45, 2.75) is 32.3 Å². The minimum Gasteiger partial charge on any atom is -0.493 e. The highest BCUT2D eigenvalue weighted by molar-refractivity contribution is 4.86. The van der Waals surface area contributed by atoms with Crippen LogP contribution < -0.4 is 0 Å². The standard InChI is InChI=1S/C9H16O2/c1-8(2)11-9(3)4-6-10-7-5-9/h1,4-7H2,2-3H3. The van der Waals surface area contributed by atoms with Gasteiger partial charge in [0.1, 0.15) is 5.60 Å². The average Bonchev–Trinajstić information content (AvgIpc) is 1.85. The predicted octanol–water partition coefficient (Wildman–Crippen LogP) is 2.11. The van der Waals surface area contributed by atoms with Crippen LogP contribution in [0.15, 0.2) is 12.3 Å². The summed E-state index contributed by atoms with van der Waals surface area (Å²) in [7, 11) is 0. The van der Waals surface area contributed by atoms with Crippen molar-refractivity contribution < 1.29 is 9.47 Å². The Kier molecular flexibility index (Phi) is 2.55. The van der Waals surface area contributed by atoms with Gasteiger partial charge in [-0.15, -0.1) is 0 Å². The molecule has 0 aromatic heterocycles. The monoisotopic (exact) mass is 156 g/mol. The molecule has 0 N–H and O–H groups in total. The second-order valence-corrected chi connectivity index (χ2v) is 3.37. The Bertz CT molecular complexity index is 146. The summed E-state index contributed by atoms with van der Waals surface area (Å²) in [5.41, 5.74) is -0.0237. The zero-order valence-corrected chi connectivity index (χ0v) is 7.35. The lowest BCUT2D eigenvalue weighted by atomic mass is 9.97. The van der Waals surface area contributed by atoms with E-state index in [1.807, 2.05) is 6.92 Å². The molecule has 0 aromatic carbocycles. The third kappa shape index (κ3) is 2.54. The molecule has 1 saturated heterocycles. The number of hydrogen-bond acceptors (Lipinski definition) is 2. The summed E-state index contributed by atoms with van der Waals surface area (Å²) in [6.07, 6.45) is 1.94. The molecule has 0 amide bonds. The second kappa shape index (κ2) is 3.26. The molecule has 0 saturated carbocycles. The van der Waals surface area contributed by atoms with Crippen molar-refractivity contribution in [2.75, 3.05) is 13.2 Å². The molecule has 0 bridgehead atoms. The first-order valence-electron chi connectivity index (χ1n) is 4.05. The van der Waals surface area contributed by atoms with Crippen LogP contribution in [0.1, 0.15) is 26.7 Å². The van der Waals surface area contributed by atoms with Crippen LogP contribution in [0.3, 0.4) is 0 Å². The molecule has 0 unspecified atom stereocenters. The third-order valence-electron chi connectivity index (χ3n) is 1.97. The van der Waals surface area contributed by atoms with Gasteiger partial charge in [-0.05, 0) is 13.8 Å². The van der Waals surface area contributed by atoms with Crippen molar-refractivity contribution in [3.05, 3.63) is 12.3 Å². The molecule has 64 valence electrons. The molecule has 2 heteroatoms. The van der Waals surface area contributed by atoms with Gasteiger partial charge in [-0.2, -0.15) is 0 Å². The molecule has 2 nitrogen and oxygen atoms in total. The molecule has 0 aliphatic carbocycles. The quantitative estimate of drug-likeness (QED) is 0.570. The van der Waals surface area contributed by atoms with E-state index in [0.29, 0.717) is 0 Å². The highest BCUT2D eigenvalue weighted by Gasteiger charge is 2.28. The van der Waals surface area contributed by atoms with E-state index in [2.05, 4.69) is 13.5 Å². The minimum absolute atomic E-state index is 0.0237. The van der Waals surface area contributed by atoms with E-state index in [-0.39, 0.29) is 5.60 Å². The van der Waals surface area contributed by atoms with Gasteiger partial charge in [0.15, 0.2) is 0 Å². The van der Waals surface area contributed by atoms with Crippen molar-refractivity contribution >= 4 is 0 Å². The Balaban J connectivity index is 2.43. The van der Waals surface area contributed by atoms with E-state index in [9.17, 15) is 0 Å². The SMILES string of the molecule is C=C(C)OC1(C)CCOCC1. The number of ether oxygens (including phenoxy) is 2. The number of hydrogen-bond donors (Lipinski definition) is 0. The Morgan fingerprint density at radius 3 is 2.45 bits per heavy atom. The van der Waals surface area contributed by atoms with Gasteiger partial charge in [0.25, 0.3) is 0 Å². The second-order valence-electron chi connectivity index (χ2n) is 3.37. The molecule has 1 fully saturated rings. The fourth-order valence-corrected chi connectivity index (χ4v) is 1.33. The van der Waals surface area contributed by atoms with Gasteiger partial charge < -0.3 is 9.47 Å². The van der Waals surface area contributed by atoms with Gasteiger partial charge in [-0.3, -0.25) is 0 Å². The summed E-state index contributed by atoms with van der Waals surface area (Å²) in [5, 5.41) is 0. The van der Waals surface area contributed by atoms with E-state index >= 15 is 0 Å². The van der Waals surface area contributed by atoms with Crippen molar-refractivity contribution in [3.8, 4) is 0 Å². The normalized spacial score (nSPS) is 22.7. The molecular formula is C9H16O2. The lowest BCUT2D eigenvalue weighted by Gasteiger charge is -2.34. The maximum Gasteiger partial charge on any atom is 0.110 e. The molecule has 11 heavy (non-hydrogen) atoms. The van der Waals surface area contributed by atoms with Gasteiger partial charge in [0.2, 0.25) is 0 Å². The summed E-state index contributed by atoms with van der Waals surface area (Å²) in [5.74, 6) is 0.800. The molecular weight excluding hydrogens is 140 g/mol. The third-order valence-corrected chi connectivity index (χ3v) is 1.97. The molecule has 0 atom stereocenters. The molecule has 0 radical (unpaired) electrons. The van der Waals surface area contributed by atoms with E-state index < -0.39 is 0 Å². The van der Waals surface area contributed by atoms with Gasteiger partial charge >= 0.3 is 0 Å². The Hall–Kier alpha value is -0.500. The summed E-state index contributed by atoms with van der Waals surface area (Å²) in [6.45, 7) is 9.35. The first-order valence-corrected chi connectivity index (χ1v) is 4.05. The maximum atomic E-state index is 5.60. The van der Waals surface area contributed by atoms with Crippen molar-refractivity contribution in [2.24, 2.45) is 0 Å². The van der Waals surface area contributed by atoms with Gasteiger partial charge in [-0.1, -0.05) is 6.58 Å². The molecule has 1 aliphatic heterocycles. The van der Waals surface area contributed by atoms with Gasteiger partial charge in [0.05, 0.1) is 19.0 Å². The highest BCUT2D eigenvalue weighted by atomic mass is 16.5. The van der Waals surface area contributed by atoms with Crippen LogP contribution >= 0.6 is 0 Å². The fourth-order valence-electron chi connectivity index (χ4n) is 1.33. The maximum absolute atomic E-state index is 5.60. The average molecular weight is 156 g/mol. The minimum atomic E-state index is -0.0237. The number of allylic oxidation sites excluding steroid dienone is 1. The highest BCUT2D eigenvalue weighted by Crippen LogP contribution is 2.26. The zero-order valence-electron chi connectivity index (χ0n) is 7.35. The Morgan fingerprint density at radius 1 is 1.45 bits per heavy atom. The van der Waals surface area contributed by atoms with Crippen LogP contribution in [0.4, 0.5) is 0 Å².